The fraction of sp³-hybridized carbons (Fsp3) is 0.800. The lowest BCUT2D eigenvalue weighted by molar-refractivity contribution is -0.190. The summed E-state index contributed by atoms with van der Waals surface area (Å²) in [4.78, 5) is 36.0. The Morgan fingerprint density at radius 2 is 1.06 bits per heavy atom. The van der Waals surface area contributed by atoms with Crippen molar-refractivity contribution in [3.63, 3.8) is 0 Å². The van der Waals surface area contributed by atoms with E-state index in [0.29, 0.717) is 59.3 Å². The Morgan fingerprint density at radius 1 is 0.750 bits per heavy atom. The van der Waals surface area contributed by atoms with Crippen LogP contribution in [-0.2, 0) is 38.1 Å². The van der Waals surface area contributed by atoms with Crippen LogP contribution in [0, 0.1) is 0 Å². The van der Waals surface area contributed by atoms with Crippen LogP contribution in [0.15, 0.2) is 0 Å². The molecule has 0 amide bonds. The summed E-state index contributed by atoms with van der Waals surface area (Å²) >= 11 is 0. The summed E-state index contributed by atoms with van der Waals surface area (Å²) in [5, 5.41) is 29.7. The third-order valence-electron chi connectivity index (χ3n) is 3.30. The van der Waals surface area contributed by atoms with Crippen molar-refractivity contribution in [2.75, 3.05) is 59.3 Å². The standard InChI is InChI=1S/C12H28N4O4.4C2H4O2/c13-1-3-17-7-10(15)12(9-19-5-6-20-12)11(16)8-18-4-2-14;4*1-2(3)4/h10-11H,1-9,13-16H2;4*1H3,(H,3,4). The number of hydrogen-bond acceptors (Lipinski definition) is 12. The van der Waals surface area contributed by atoms with Gasteiger partial charge in [0, 0.05) is 40.8 Å². The summed E-state index contributed by atoms with van der Waals surface area (Å²) in [6.07, 6.45) is 0. The van der Waals surface area contributed by atoms with E-state index in [1.165, 1.54) is 0 Å². The fourth-order valence-electron chi connectivity index (χ4n) is 2.14. The molecule has 16 heteroatoms. The maximum absolute atomic E-state index is 9.00. The van der Waals surface area contributed by atoms with Crippen molar-refractivity contribution in [3.8, 4) is 0 Å². The van der Waals surface area contributed by atoms with Crippen LogP contribution in [-0.4, -0.2) is 121 Å². The molecule has 0 aromatic heterocycles. The maximum atomic E-state index is 9.00. The minimum Gasteiger partial charge on any atom is -0.481 e. The van der Waals surface area contributed by atoms with Crippen molar-refractivity contribution in [3.05, 3.63) is 0 Å². The van der Waals surface area contributed by atoms with E-state index < -0.39 is 41.6 Å². The van der Waals surface area contributed by atoms with Gasteiger partial charge in [-0.1, -0.05) is 0 Å². The van der Waals surface area contributed by atoms with Gasteiger partial charge in [-0.15, -0.1) is 0 Å². The van der Waals surface area contributed by atoms with Crippen molar-refractivity contribution >= 4 is 23.9 Å². The Balaban J connectivity index is -0.000000260. The van der Waals surface area contributed by atoms with Crippen LogP contribution in [0.5, 0.6) is 0 Å². The molecule has 1 fully saturated rings. The normalized spacial score (nSPS) is 17.4. The van der Waals surface area contributed by atoms with Gasteiger partial charge in [-0.3, -0.25) is 19.2 Å². The molecule has 0 aromatic carbocycles. The number of carboxylic acids is 4. The van der Waals surface area contributed by atoms with E-state index in [4.69, 9.17) is 81.5 Å². The average molecular weight is 533 g/mol. The van der Waals surface area contributed by atoms with Gasteiger partial charge in [0.2, 0.25) is 0 Å². The van der Waals surface area contributed by atoms with E-state index in [0.717, 1.165) is 27.7 Å². The zero-order valence-corrected chi connectivity index (χ0v) is 21.4. The largest absolute Gasteiger partial charge is 0.481 e. The Kier molecular flexibility index (Phi) is 30.7. The molecule has 16 nitrogen and oxygen atoms in total. The van der Waals surface area contributed by atoms with E-state index in [2.05, 4.69) is 0 Å². The van der Waals surface area contributed by atoms with E-state index in [1.54, 1.807) is 0 Å². The third-order valence-corrected chi connectivity index (χ3v) is 3.30. The van der Waals surface area contributed by atoms with Crippen LogP contribution in [0.1, 0.15) is 27.7 Å². The highest BCUT2D eigenvalue weighted by atomic mass is 16.6. The molecule has 0 spiro atoms. The first-order valence-electron chi connectivity index (χ1n) is 10.7. The van der Waals surface area contributed by atoms with Crippen molar-refractivity contribution in [2.24, 2.45) is 22.9 Å². The second-order valence-electron chi connectivity index (χ2n) is 6.87. The Morgan fingerprint density at radius 3 is 1.28 bits per heavy atom. The molecule has 2 unspecified atom stereocenters. The number of carbonyl (C=O) groups is 4. The van der Waals surface area contributed by atoms with E-state index in [1.807, 2.05) is 0 Å². The topological polar surface area (TPSA) is 290 Å². The second-order valence-corrected chi connectivity index (χ2v) is 6.87. The number of carboxylic acid groups (broad SMARTS) is 4. The van der Waals surface area contributed by atoms with Crippen molar-refractivity contribution < 1.29 is 58.6 Å². The number of rotatable bonds is 10. The van der Waals surface area contributed by atoms with Gasteiger partial charge in [0.05, 0.1) is 58.3 Å². The van der Waals surface area contributed by atoms with E-state index in [-0.39, 0.29) is 0 Å². The highest BCUT2D eigenvalue weighted by Crippen LogP contribution is 2.23. The lowest BCUT2D eigenvalue weighted by atomic mass is 9.87. The lowest BCUT2D eigenvalue weighted by Crippen LogP contribution is -2.68. The molecule has 0 aliphatic carbocycles. The molecule has 1 saturated heterocycles. The van der Waals surface area contributed by atoms with Crippen LogP contribution >= 0.6 is 0 Å². The number of aliphatic carboxylic acids is 4. The highest BCUT2D eigenvalue weighted by Gasteiger charge is 2.46. The summed E-state index contributed by atoms with van der Waals surface area (Å²) in [7, 11) is 0. The predicted octanol–water partition coefficient (Wildman–Crippen LogP) is -2.26. The molecule has 1 rings (SSSR count). The lowest BCUT2D eigenvalue weighted by Gasteiger charge is -2.44. The molecule has 1 aliphatic heterocycles. The van der Waals surface area contributed by atoms with Gasteiger partial charge in [-0.2, -0.15) is 0 Å². The fourth-order valence-corrected chi connectivity index (χ4v) is 2.14. The molecule has 36 heavy (non-hydrogen) atoms. The minimum absolute atomic E-state index is 0.311. The van der Waals surface area contributed by atoms with Crippen molar-refractivity contribution in [1.29, 1.82) is 0 Å². The first kappa shape index (κ1) is 40.7. The van der Waals surface area contributed by atoms with Crippen LogP contribution < -0.4 is 22.9 Å². The summed E-state index contributed by atoms with van der Waals surface area (Å²) in [5.74, 6) is -3.33. The maximum Gasteiger partial charge on any atom is 0.300 e. The van der Waals surface area contributed by atoms with Gasteiger partial charge >= 0.3 is 0 Å². The predicted molar refractivity (Wildman–Crippen MR) is 128 cm³/mol. The monoisotopic (exact) mass is 532 g/mol. The van der Waals surface area contributed by atoms with Gasteiger partial charge in [0.1, 0.15) is 5.60 Å². The molecule has 2 atom stereocenters. The SMILES string of the molecule is CC(=O)O.CC(=O)O.CC(=O)O.CC(=O)O.NCCOCC(N)C1(C(N)COCCN)COCCO1. The van der Waals surface area contributed by atoms with Crippen LogP contribution in [0.4, 0.5) is 0 Å². The van der Waals surface area contributed by atoms with Crippen molar-refractivity contribution in [1.82, 2.24) is 0 Å². The average Bonchev–Trinajstić information content (AvgIpc) is 2.73. The molecular formula is C20H44N4O12. The molecule has 1 heterocycles. The highest BCUT2D eigenvalue weighted by molar-refractivity contribution is 5.63. The van der Waals surface area contributed by atoms with Gasteiger partial charge in [0.25, 0.3) is 23.9 Å². The number of hydrogen-bond donors (Lipinski definition) is 8. The Hall–Kier alpha value is -2.44. The molecule has 0 bridgehead atoms. The summed E-state index contributed by atoms with van der Waals surface area (Å²) in [6, 6.07) is -0.823. The molecule has 0 aromatic rings. The molecule has 216 valence electrons. The minimum atomic E-state index is -0.833. The molecule has 0 saturated carbocycles. The van der Waals surface area contributed by atoms with E-state index in [9.17, 15) is 0 Å². The van der Waals surface area contributed by atoms with E-state index >= 15 is 0 Å². The quantitative estimate of drug-likeness (QED) is 0.138. The van der Waals surface area contributed by atoms with Gasteiger partial charge in [0.15, 0.2) is 0 Å². The number of ether oxygens (including phenoxy) is 4. The molecule has 1 aliphatic rings. The van der Waals surface area contributed by atoms with Gasteiger partial charge in [-0.05, 0) is 0 Å². The molecular weight excluding hydrogens is 488 g/mol. The van der Waals surface area contributed by atoms with Gasteiger partial charge in [-0.25, -0.2) is 0 Å². The van der Waals surface area contributed by atoms with Crippen LogP contribution in [0.25, 0.3) is 0 Å². The Labute approximate surface area is 210 Å². The second kappa shape index (κ2) is 27.2. The first-order valence-corrected chi connectivity index (χ1v) is 10.7. The number of nitrogens with two attached hydrogens (primary N) is 4. The smallest absolute Gasteiger partial charge is 0.300 e. The zero-order valence-electron chi connectivity index (χ0n) is 21.4. The third kappa shape index (κ3) is 33.7. The Bertz CT molecular complexity index is 493. The van der Waals surface area contributed by atoms with Gasteiger partial charge < -0.3 is 62.3 Å². The molecule has 12 N–H and O–H groups in total. The summed E-state index contributed by atoms with van der Waals surface area (Å²) in [5.41, 5.74) is 22.4. The first-order chi connectivity index (χ1) is 16.6. The summed E-state index contributed by atoms with van der Waals surface area (Å²) in [6.45, 7) is 8.06. The molecule has 0 radical (unpaired) electrons. The summed E-state index contributed by atoms with van der Waals surface area (Å²) < 4.78 is 22.1. The zero-order chi connectivity index (χ0) is 29.2. The van der Waals surface area contributed by atoms with Crippen LogP contribution in [0.3, 0.4) is 0 Å². The van der Waals surface area contributed by atoms with Crippen LogP contribution in [0.2, 0.25) is 0 Å². The van der Waals surface area contributed by atoms with Crippen molar-refractivity contribution in [2.45, 2.75) is 45.4 Å².